The summed E-state index contributed by atoms with van der Waals surface area (Å²) in [5.41, 5.74) is -0.0578. The van der Waals surface area contributed by atoms with Crippen molar-refractivity contribution in [2.75, 3.05) is 19.7 Å². The Morgan fingerprint density at radius 1 is 1.46 bits per heavy atom. The quantitative estimate of drug-likeness (QED) is 0.818. The minimum Gasteiger partial charge on any atom is -0.493 e. The van der Waals surface area contributed by atoms with Gasteiger partial charge in [-0.25, -0.2) is 4.79 Å². The minimum absolute atomic E-state index is 0.251. The third-order valence-corrected chi connectivity index (χ3v) is 4.03. The molecule has 1 heterocycles. The molecule has 1 aliphatic heterocycles. The fraction of sp³-hybridized carbons (Fsp3) is 0.556. The van der Waals surface area contributed by atoms with Gasteiger partial charge in [0.25, 0.3) is 0 Å². The second-order valence-electron chi connectivity index (χ2n) is 7.00. The molecule has 1 aromatic rings. The number of amides is 1. The molecule has 1 aromatic carbocycles. The van der Waals surface area contributed by atoms with Crippen LogP contribution in [0.15, 0.2) is 18.2 Å². The van der Waals surface area contributed by atoms with Crippen molar-refractivity contribution in [2.24, 2.45) is 5.92 Å². The first-order valence-electron chi connectivity index (χ1n) is 8.09. The molecule has 0 N–H and O–H groups in total. The van der Waals surface area contributed by atoms with Gasteiger partial charge >= 0.3 is 6.09 Å². The van der Waals surface area contributed by atoms with Crippen LogP contribution in [0.1, 0.15) is 39.2 Å². The molecule has 0 radical (unpaired) electrons. The maximum atomic E-state index is 12.2. The van der Waals surface area contributed by atoms with E-state index in [0.29, 0.717) is 36.0 Å². The van der Waals surface area contributed by atoms with E-state index in [1.807, 2.05) is 26.8 Å². The average Bonchev–Trinajstić information content (AvgIpc) is 2.52. The zero-order valence-electron chi connectivity index (χ0n) is 14.3. The second kappa shape index (κ2) is 7.76. The number of carbonyl (C=O) groups excluding carboxylic acids is 1. The van der Waals surface area contributed by atoms with Crippen LogP contribution < -0.4 is 4.74 Å². The minimum atomic E-state index is -0.486. The summed E-state index contributed by atoms with van der Waals surface area (Å²) in [7, 11) is 0. The predicted octanol–water partition coefficient (Wildman–Crippen LogP) is 4.24. The van der Waals surface area contributed by atoms with Crippen LogP contribution in [0.2, 0.25) is 5.02 Å². The molecular formula is C18H23ClN2O3. The second-order valence-corrected chi connectivity index (χ2v) is 7.41. The first kappa shape index (κ1) is 18.4. The maximum Gasteiger partial charge on any atom is 0.410 e. The van der Waals surface area contributed by atoms with Crippen LogP contribution in [0, 0.1) is 17.2 Å². The summed E-state index contributed by atoms with van der Waals surface area (Å²) < 4.78 is 11.2. The van der Waals surface area contributed by atoms with E-state index in [0.717, 1.165) is 12.8 Å². The van der Waals surface area contributed by atoms with E-state index in [2.05, 4.69) is 0 Å². The van der Waals surface area contributed by atoms with Gasteiger partial charge in [0.15, 0.2) is 0 Å². The number of benzene rings is 1. The summed E-state index contributed by atoms with van der Waals surface area (Å²) in [6.07, 6.45) is 1.67. The van der Waals surface area contributed by atoms with Crippen LogP contribution in [0.3, 0.4) is 0 Å². The molecule has 1 amide bonds. The van der Waals surface area contributed by atoms with Gasteiger partial charge in [0, 0.05) is 25.1 Å². The Bertz CT molecular complexity index is 634. The van der Waals surface area contributed by atoms with Crippen LogP contribution in [0.4, 0.5) is 4.79 Å². The molecule has 1 fully saturated rings. The Balaban J connectivity index is 1.88. The summed E-state index contributed by atoms with van der Waals surface area (Å²) in [6.45, 7) is 7.44. The lowest BCUT2D eigenvalue weighted by atomic mass is 9.99. The van der Waals surface area contributed by atoms with Gasteiger partial charge < -0.3 is 14.4 Å². The number of nitriles is 1. The highest BCUT2D eigenvalue weighted by Crippen LogP contribution is 2.24. The number of rotatable bonds is 3. The average molecular weight is 351 g/mol. The van der Waals surface area contributed by atoms with Gasteiger partial charge in [-0.3, -0.25) is 0 Å². The standard InChI is InChI=1S/C18H23ClN2O3/c1-18(2,3)24-17(22)21-8-4-5-13(11-21)12-23-15-7-6-14(10-20)16(19)9-15/h6-7,9,13H,4-5,8,11-12H2,1-3H3/t13-/m0/s1. The van der Waals surface area contributed by atoms with Crippen LogP contribution in [-0.4, -0.2) is 36.3 Å². The Hall–Kier alpha value is -1.93. The summed E-state index contributed by atoms with van der Waals surface area (Å²) in [5.74, 6) is 0.883. The van der Waals surface area contributed by atoms with Crippen molar-refractivity contribution in [1.29, 1.82) is 5.26 Å². The van der Waals surface area contributed by atoms with Crippen molar-refractivity contribution in [3.8, 4) is 11.8 Å². The van der Waals surface area contributed by atoms with Crippen LogP contribution in [0.25, 0.3) is 0 Å². The molecule has 130 valence electrons. The van der Waals surface area contributed by atoms with E-state index in [9.17, 15) is 4.79 Å². The van der Waals surface area contributed by atoms with Crippen molar-refractivity contribution in [3.05, 3.63) is 28.8 Å². The third kappa shape index (κ3) is 5.31. The molecule has 1 aliphatic rings. The Morgan fingerprint density at radius 2 is 2.21 bits per heavy atom. The molecule has 6 heteroatoms. The van der Waals surface area contributed by atoms with E-state index >= 15 is 0 Å². The van der Waals surface area contributed by atoms with E-state index in [4.69, 9.17) is 26.3 Å². The topological polar surface area (TPSA) is 62.6 Å². The normalized spacial score (nSPS) is 18.0. The molecule has 0 unspecified atom stereocenters. The summed E-state index contributed by atoms with van der Waals surface area (Å²) >= 11 is 6.01. The van der Waals surface area contributed by atoms with Crippen molar-refractivity contribution >= 4 is 17.7 Å². The number of nitrogens with zero attached hydrogens (tertiary/aromatic N) is 2. The van der Waals surface area contributed by atoms with E-state index in [1.165, 1.54) is 0 Å². The molecule has 0 aromatic heterocycles. The number of halogens is 1. The van der Waals surface area contributed by atoms with Gasteiger partial charge in [-0.2, -0.15) is 5.26 Å². The third-order valence-electron chi connectivity index (χ3n) is 3.72. The molecule has 5 nitrogen and oxygen atoms in total. The van der Waals surface area contributed by atoms with Crippen LogP contribution in [-0.2, 0) is 4.74 Å². The van der Waals surface area contributed by atoms with Gasteiger partial charge in [0.2, 0.25) is 0 Å². The van der Waals surface area contributed by atoms with Crippen molar-refractivity contribution in [2.45, 2.75) is 39.2 Å². The van der Waals surface area contributed by atoms with E-state index < -0.39 is 5.60 Å². The highest BCUT2D eigenvalue weighted by molar-refractivity contribution is 6.31. The maximum absolute atomic E-state index is 12.2. The van der Waals surface area contributed by atoms with Crippen LogP contribution in [0.5, 0.6) is 5.75 Å². The number of piperidine rings is 1. The molecule has 0 bridgehead atoms. The van der Waals surface area contributed by atoms with Crippen molar-refractivity contribution in [3.63, 3.8) is 0 Å². The molecule has 1 atom stereocenters. The SMILES string of the molecule is CC(C)(C)OC(=O)N1CCC[C@H](COc2ccc(C#N)c(Cl)c2)C1. The molecule has 1 saturated heterocycles. The Labute approximate surface area is 148 Å². The zero-order chi connectivity index (χ0) is 17.7. The molecule has 0 spiro atoms. The van der Waals surface area contributed by atoms with E-state index in [1.54, 1.807) is 23.1 Å². The molecular weight excluding hydrogens is 328 g/mol. The lowest BCUT2D eigenvalue weighted by molar-refractivity contribution is 0.0139. The summed E-state index contributed by atoms with van der Waals surface area (Å²) in [6, 6.07) is 7.05. The monoisotopic (exact) mass is 350 g/mol. The van der Waals surface area contributed by atoms with Gasteiger partial charge in [-0.1, -0.05) is 11.6 Å². The first-order chi connectivity index (χ1) is 11.3. The number of hydrogen-bond donors (Lipinski definition) is 0. The van der Waals surface area contributed by atoms with Crippen molar-refractivity contribution in [1.82, 2.24) is 4.90 Å². The smallest absolute Gasteiger partial charge is 0.410 e. The number of ether oxygens (including phenoxy) is 2. The highest BCUT2D eigenvalue weighted by atomic mass is 35.5. The Morgan fingerprint density at radius 3 is 2.83 bits per heavy atom. The zero-order valence-corrected chi connectivity index (χ0v) is 15.1. The largest absolute Gasteiger partial charge is 0.493 e. The fourth-order valence-electron chi connectivity index (χ4n) is 2.58. The summed E-state index contributed by atoms with van der Waals surface area (Å²) in [4.78, 5) is 13.9. The van der Waals surface area contributed by atoms with E-state index in [-0.39, 0.29) is 12.0 Å². The fourth-order valence-corrected chi connectivity index (χ4v) is 2.80. The van der Waals surface area contributed by atoms with Gasteiger partial charge in [-0.05, 0) is 45.7 Å². The molecule has 0 aliphatic carbocycles. The van der Waals surface area contributed by atoms with Gasteiger partial charge in [0.1, 0.15) is 17.4 Å². The predicted molar refractivity (Wildman–Crippen MR) is 92.2 cm³/mol. The number of carbonyl (C=O) groups is 1. The van der Waals surface area contributed by atoms with Gasteiger partial charge in [-0.15, -0.1) is 0 Å². The summed E-state index contributed by atoms with van der Waals surface area (Å²) in [5, 5.41) is 9.26. The lowest BCUT2D eigenvalue weighted by Gasteiger charge is -2.34. The first-order valence-corrected chi connectivity index (χ1v) is 8.46. The van der Waals surface area contributed by atoms with Crippen molar-refractivity contribution < 1.29 is 14.3 Å². The number of hydrogen-bond acceptors (Lipinski definition) is 4. The highest BCUT2D eigenvalue weighted by Gasteiger charge is 2.27. The molecule has 2 rings (SSSR count). The molecule has 24 heavy (non-hydrogen) atoms. The Kier molecular flexibility index (Phi) is 5.95. The van der Waals surface area contributed by atoms with Crippen LogP contribution >= 0.6 is 11.6 Å². The molecule has 0 saturated carbocycles. The van der Waals surface area contributed by atoms with Gasteiger partial charge in [0.05, 0.1) is 17.2 Å². The lowest BCUT2D eigenvalue weighted by Crippen LogP contribution is -2.44. The number of likely N-dealkylation sites (tertiary alicyclic amines) is 1.